The Kier molecular flexibility index (Phi) is 6.49. The Hall–Kier alpha value is -3.36. The summed E-state index contributed by atoms with van der Waals surface area (Å²) in [7, 11) is -3.90. The monoisotopic (exact) mass is 468 g/mol. The first kappa shape index (κ1) is 23.9. The molecule has 1 aliphatic rings. The van der Waals surface area contributed by atoms with E-state index in [0.29, 0.717) is 16.7 Å². The molecule has 11 nitrogen and oxygen atoms in total. The lowest BCUT2D eigenvalue weighted by Crippen LogP contribution is -2.39. The zero-order chi connectivity index (χ0) is 23.7. The van der Waals surface area contributed by atoms with Crippen LogP contribution in [0.5, 0.6) is 5.75 Å². The molecule has 1 aliphatic heterocycles. The molecule has 0 bridgehead atoms. The molecule has 15 heteroatoms. The van der Waals surface area contributed by atoms with Crippen molar-refractivity contribution in [2.75, 3.05) is 14.2 Å². The second kappa shape index (κ2) is 8.41. The van der Waals surface area contributed by atoms with Gasteiger partial charge in [0.15, 0.2) is 0 Å². The minimum Gasteiger partial charge on any atom is -0.496 e. The van der Waals surface area contributed by atoms with Gasteiger partial charge in [-0.15, -0.1) is 0 Å². The van der Waals surface area contributed by atoms with Crippen LogP contribution in [0.4, 0.5) is 18.9 Å². The summed E-state index contributed by atoms with van der Waals surface area (Å²) < 4.78 is 73.7. The van der Waals surface area contributed by atoms with Crippen molar-refractivity contribution in [3.63, 3.8) is 0 Å². The highest BCUT2D eigenvalue weighted by molar-refractivity contribution is 7.87. The van der Waals surface area contributed by atoms with Gasteiger partial charge < -0.3 is 13.7 Å². The fourth-order valence-corrected chi connectivity index (χ4v) is 3.21. The number of nitro groups is 1. The molecule has 0 saturated carbocycles. The van der Waals surface area contributed by atoms with E-state index >= 15 is 0 Å². The lowest BCUT2D eigenvalue weighted by atomic mass is 10.1. The smallest absolute Gasteiger partial charge is 0.496 e. The van der Waals surface area contributed by atoms with Crippen LogP contribution < -0.4 is 4.74 Å². The SMILES string of the molecule is COC(=O)C1CC(OS(=O)(=O)C(F)(F)F)=CN1C(=O)c1cc(C)c(OC)cc1[N+](=O)[O-]. The summed E-state index contributed by atoms with van der Waals surface area (Å²) in [5, 5.41) is 11.4. The molecule has 2 rings (SSSR count). The van der Waals surface area contributed by atoms with Gasteiger partial charge in [-0.05, 0) is 18.6 Å². The molecule has 0 saturated heterocycles. The van der Waals surface area contributed by atoms with E-state index in [0.717, 1.165) is 19.2 Å². The fraction of sp³-hybridized carbons (Fsp3) is 0.375. The van der Waals surface area contributed by atoms with Crippen molar-refractivity contribution >= 4 is 27.7 Å². The predicted molar refractivity (Wildman–Crippen MR) is 95.1 cm³/mol. The number of nitro benzene ring substituents is 1. The minimum atomic E-state index is -6.07. The maximum atomic E-state index is 13.0. The summed E-state index contributed by atoms with van der Waals surface area (Å²) in [5.74, 6) is -3.07. The van der Waals surface area contributed by atoms with Crippen LogP contribution in [0.1, 0.15) is 22.3 Å². The number of methoxy groups -OCH3 is 2. The highest BCUT2D eigenvalue weighted by atomic mass is 32.2. The summed E-state index contributed by atoms with van der Waals surface area (Å²) >= 11 is 0. The number of nitrogens with zero attached hydrogens (tertiary/aromatic N) is 2. The van der Waals surface area contributed by atoms with Crippen molar-refractivity contribution in [3.8, 4) is 5.75 Å². The maximum Gasteiger partial charge on any atom is 0.534 e. The van der Waals surface area contributed by atoms with Crippen molar-refractivity contribution in [1.82, 2.24) is 4.90 Å². The van der Waals surface area contributed by atoms with Gasteiger partial charge in [0.1, 0.15) is 23.1 Å². The Balaban J connectivity index is 2.54. The van der Waals surface area contributed by atoms with E-state index in [4.69, 9.17) is 4.74 Å². The second-order valence-electron chi connectivity index (χ2n) is 6.13. The van der Waals surface area contributed by atoms with Crippen molar-refractivity contribution in [2.45, 2.75) is 24.9 Å². The number of hydrogen-bond donors (Lipinski definition) is 0. The Morgan fingerprint density at radius 3 is 2.35 bits per heavy atom. The van der Waals surface area contributed by atoms with E-state index in [2.05, 4.69) is 8.92 Å². The van der Waals surface area contributed by atoms with Gasteiger partial charge in [-0.2, -0.15) is 21.6 Å². The van der Waals surface area contributed by atoms with Crippen LogP contribution in [0.15, 0.2) is 24.1 Å². The number of halogens is 3. The first-order valence-electron chi connectivity index (χ1n) is 8.18. The number of aryl methyl sites for hydroxylation is 1. The van der Waals surface area contributed by atoms with Crippen molar-refractivity contribution in [1.29, 1.82) is 0 Å². The number of ether oxygens (including phenoxy) is 2. The number of benzene rings is 1. The first-order chi connectivity index (χ1) is 14.2. The van der Waals surface area contributed by atoms with Gasteiger partial charge in [0.25, 0.3) is 11.6 Å². The number of carbonyl (C=O) groups excluding carboxylic acids is 2. The van der Waals surface area contributed by atoms with Gasteiger partial charge >= 0.3 is 21.6 Å². The third kappa shape index (κ3) is 4.70. The molecule has 31 heavy (non-hydrogen) atoms. The number of amides is 1. The molecule has 1 aromatic rings. The molecule has 0 N–H and O–H groups in total. The Morgan fingerprint density at radius 1 is 1.26 bits per heavy atom. The number of rotatable bonds is 6. The number of carbonyl (C=O) groups is 2. The minimum absolute atomic E-state index is 0.0880. The Morgan fingerprint density at radius 2 is 1.87 bits per heavy atom. The van der Waals surface area contributed by atoms with Gasteiger partial charge in [0, 0.05) is 12.6 Å². The predicted octanol–water partition coefficient (Wildman–Crippen LogP) is 2.01. The van der Waals surface area contributed by atoms with Crippen LogP contribution in [0.2, 0.25) is 0 Å². The van der Waals surface area contributed by atoms with Crippen LogP contribution in [-0.2, 0) is 23.8 Å². The van der Waals surface area contributed by atoms with Gasteiger partial charge in [-0.25, -0.2) is 4.79 Å². The molecule has 0 radical (unpaired) electrons. The van der Waals surface area contributed by atoms with E-state index in [1.165, 1.54) is 14.0 Å². The molecule has 1 atom stereocenters. The third-order valence-corrected chi connectivity index (χ3v) is 5.16. The summed E-state index contributed by atoms with van der Waals surface area (Å²) in [6.45, 7) is 1.47. The largest absolute Gasteiger partial charge is 0.534 e. The standard InChI is InChI=1S/C16H15F3N2O9S/c1-8-4-10(11(21(24)25)6-13(8)28-2)14(22)20-7-9(5-12(20)15(23)29-3)30-31(26,27)16(17,18)19/h4,6-7,12H,5H2,1-3H3. The van der Waals surface area contributed by atoms with E-state index < -0.39 is 61.9 Å². The molecular weight excluding hydrogens is 453 g/mol. The molecule has 0 aromatic heterocycles. The molecule has 0 aliphatic carbocycles. The highest BCUT2D eigenvalue weighted by Gasteiger charge is 2.50. The lowest BCUT2D eigenvalue weighted by molar-refractivity contribution is -0.385. The number of alkyl halides is 3. The molecular formula is C16H15F3N2O9S. The van der Waals surface area contributed by atoms with Crippen LogP contribution in [-0.4, -0.2) is 55.9 Å². The van der Waals surface area contributed by atoms with Gasteiger partial charge in [-0.1, -0.05) is 0 Å². The molecule has 1 aromatic carbocycles. The summed E-state index contributed by atoms with van der Waals surface area (Å²) in [5.41, 5.74) is -6.67. The van der Waals surface area contributed by atoms with Crippen molar-refractivity contribution < 1.29 is 49.8 Å². The van der Waals surface area contributed by atoms with Crippen LogP contribution in [0.25, 0.3) is 0 Å². The Labute approximate surface area is 173 Å². The average Bonchev–Trinajstić information content (AvgIpc) is 3.08. The number of esters is 1. The zero-order valence-electron chi connectivity index (χ0n) is 16.1. The topological polar surface area (TPSA) is 142 Å². The maximum absolute atomic E-state index is 13.0. The molecule has 170 valence electrons. The van der Waals surface area contributed by atoms with E-state index in [1.807, 2.05) is 0 Å². The first-order valence-corrected chi connectivity index (χ1v) is 9.59. The third-order valence-electron chi connectivity index (χ3n) is 4.16. The Bertz CT molecular complexity index is 1070. The van der Waals surface area contributed by atoms with Gasteiger partial charge in [-0.3, -0.25) is 19.8 Å². The molecule has 1 heterocycles. The summed E-state index contributed by atoms with van der Waals surface area (Å²) in [6, 6.07) is 0.436. The van der Waals surface area contributed by atoms with Crippen molar-refractivity contribution in [2.24, 2.45) is 0 Å². The quantitative estimate of drug-likeness (QED) is 0.201. The zero-order valence-corrected chi connectivity index (χ0v) is 16.9. The molecule has 0 spiro atoms. The lowest BCUT2D eigenvalue weighted by Gasteiger charge is -2.21. The van der Waals surface area contributed by atoms with Gasteiger partial charge in [0.05, 0.1) is 25.2 Å². The molecule has 1 unspecified atom stereocenters. The fourth-order valence-electron chi connectivity index (χ4n) is 2.72. The summed E-state index contributed by atoms with van der Waals surface area (Å²) in [4.78, 5) is 36.0. The van der Waals surface area contributed by atoms with Gasteiger partial charge in [0.2, 0.25) is 0 Å². The van der Waals surface area contributed by atoms with Crippen LogP contribution >= 0.6 is 0 Å². The number of hydrogen-bond acceptors (Lipinski definition) is 9. The average molecular weight is 468 g/mol. The van der Waals surface area contributed by atoms with Crippen molar-refractivity contribution in [3.05, 3.63) is 45.3 Å². The highest BCUT2D eigenvalue weighted by Crippen LogP contribution is 2.34. The molecule has 1 amide bonds. The van der Waals surface area contributed by atoms with Crippen LogP contribution in [0.3, 0.4) is 0 Å². The second-order valence-corrected chi connectivity index (χ2v) is 7.67. The van der Waals surface area contributed by atoms with E-state index in [9.17, 15) is 41.3 Å². The normalized spacial score (nSPS) is 16.5. The van der Waals surface area contributed by atoms with Crippen LogP contribution in [0, 0.1) is 17.0 Å². The van der Waals surface area contributed by atoms with E-state index in [1.54, 1.807) is 0 Å². The van der Waals surface area contributed by atoms with E-state index in [-0.39, 0.29) is 5.75 Å². The summed E-state index contributed by atoms with van der Waals surface area (Å²) in [6.07, 6.45) is -0.215. The molecule has 0 fully saturated rings.